The Balaban J connectivity index is 1.79. The van der Waals surface area contributed by atoms with Crippen molar-refractivity contribution in [3.05, 3.63) is 87.9 Å². The molecule has 0 N–H and O–H groups in total. The van der Waals surface area contributed by atoms with E-state index in [2.05, 4.69) is 0 Å². The van der Waals surface area contributed by atoms with Crippen LogP contribution in [-0.2, 0) is 22.4 Å². The number of anilines is 2. The summed E-state index contributed by atoms with van der Waals surface area (Å²) in [4.78, 5) is 3.13. The molecule has 0 spiro atoms. The van der Waals surface area contributed by atoms with Gasteiger partial charge in [-0.2, -0.15) is 26.3 Å². The van der Waals surface area contributed by atoms with Crippen LogP contribution >= 0.6 is 23.8 Å². The number of rotatable bonds is 8. The average molecular weight is 648 g/mol. The van der Waals surface area contributed by atoms with E-state index in [0.29, 0.717) is 30.4 Å². The van der Waals surface area contributed by atoms with Gasteiger partial charge in [-0.3, -0.25) is 4.31 Å². The predicted molar refractivity (Wildman–Crippen MR) is 156 cm³/mol. The van der Waals surface area contributed by atoms with Crippen molar-refractivity contribution in [2.24, 2.45) is 0 Å². The Kier molecular flexibility index (Phi) is 9.14. The van der Waals surface area contributed by atoms with Crippen molar-refractivity contribution >= 4 is 62.9 Å². The Morgan fingerprint density at radius 3 is 2.31 bits per heavy atom. The van der Waals surface area contributed by atoms with Crippen molar-refractivity contribution in [3.63, 3.8) is 0 Å². The number of thiocarbonyl (C=S) groups is 1. The van der Waals surface area contributed by atoms with Gasteiger partial charge in [-0.1, -0.05) is 54.2 Å². The quantitative estimate of drug-likeness (QED) is 0.144. The zero-order valence-corrected chi connectivity index (χ0v) is 24.3. The van der Waals surface area contributed by atoms with Crippen LogP contribution < -0.4 is 9.21 Å². The lowest BCUT2D eigenvalue weighted by Gasteiger charge is -2.39. The largest absolute Gasteiger partial charge is 0.417 e. The fourth-order valence-corrected chi connectivity index (χ4v) is 6.32. The third-order valence-electron chi connectivity index (χ3n) is 6.63. The van der Waals surface area contributed by atoms with E-state index in [0.717, 1.165) is 28.6 Å². The van der Waals surface area contributed by atoms with E-state index in [1.165, 1.54) is 35.8 Å². The standard InChI is InChI=1S/C28H24ClF6N3O2S2/c1-36(18-41)12-13-37-14-15-38(42(39,40)21-5-2-4-20(17-21)27(30,31)32)26-16-19(9-11-25(26)37)8-10-22-23(28(33,34)35)6-3-7-24(22)29/h2-11,16-18H,12-15H2,1H3/b10-8+. The molecule has 0 unspecified atom stereocenters. The lowest BCUT2D eigenvalue weighted by molar-refractivity contribution is -0.138. The summed E-state index contributed by atoms with van der Waals surface area (Å²) >= 11 is 11.0. The number of halogens is 7. The third kappa shape index (κ3) is 6.84. The van der Waals surface area contributed by atoms with Crippen molar-refractivity contribution in [1.82, 2.24) is 4.90 Å². The van der Waals surface area contributed by atoms with E-state index in [9.17, 15) is 34.8 Å². The molecule has 0 saturated carbocycles. The van der Waals surface area contributed by atoms with Gasteiger partial charge in [0.15, 0.2) is 0 Å². The minimum Gasteiger partial charge on any atom is -0.370 e. The highest BCUT2D eigenvalue weighted by Gasteiger charge is 2.36. The lowest BCUT2D eigenvalue weighted by Crippen LogP contribution is -2.46. The van der Waals surface area contributed by atoms with E-state index in [1.807, 2.05) is 4.90 Å². The average Bonchev–Trinajstić information content (AvgIpc) is 2.93. The van der Waals surface area contributed by atoms with E-state index >= 15 is 0 Å². The summed E-state index contributed by atoms with van der Waals surface area (Å²) in [6.45, 7) is 1.12. The van der Waals surface area contributed by atoms with Crippen LogP contribution in [0, 0.1) is 0 Å². The summed E-state index contributed by atoms with van der Waals surface area (Å²) < 4.78 is 109. The maximum absolute atomic E-state index is 13.7. The third-order valence-corrected chi connectivity index (χ3v) is 9.13. The van der Waals surface area contributed by atoms with Crippen LogP contribution in [0.4, 0.5) is 37.7 Å². The molecule has 1 heterocycles. The first-order chi connectivity index (χ1) is 19.6. The highest BCUT2D eigenvalue weighted by Crippen LogP contribution is 2.40. The molecule has 3 aromatic carbocycles. The first-order valence-corrected chi connectivity index (χ1v) is 14.7. The minimum atomic E-state index is -4.75. The van der Waals surface area contributed by atoms with Crippen LogP contribution in [-0.4, -0.2) is 52.0 Å². The SMILES string of the molecule is CN(C=S)CCN1CCN(S(=O)(=O)c2cccc(C(F)(F)F)c2)c2cc(/C=C/c3c(Cl)cccc3C(F)(F)F)ccc21. The van der Waals surface area contributed by atoms with Crippen LogP contribution in [0.15, 0.2) is 65.6 Å². The molecule has 0 fully saturated rings. The summed E-state index contributed by atoms with van der Waals surface area (Å²) in [5, 5.41) is -0.123. The molecule has 0 atom stereocenters. The zero-order chi connectivity index (χ0) is 30.9. The molecule has 0 bridgehead atoms. The summed E-state index contributed by atoms with van der Waals surface area (Å²) in [6.07, 6.45) is -6.85. The van der Waals surface area contributed by atoms with E-state index in [1.54, 1.807) is 24.1 Å². The zero-order valence-electron chi connectivity index (χ0n) is 22.0. The van der Waals surface area contributed by atoms with Crippen LogP contribution in [0.5, 0.6) is 0 Å². The number of hydrogen-bond acceptors (Lipinski definition) is 4. The molecular weight excluding hydrogens is 624 g/mol. The Morgan fingerprint density at radius 2 is 1.64 bits per heavy atom. The Morgan fingerprint density at radius 1 is 0.929 bits per heavy atom. The number of likely N-dealkylation sites (N-methyl/N-ethyl adjacent to an activating group) is 1. The highest BCUT2D eigenvalue weighted by atomic mass is 35.5. The first kappa shape index (κ1) is 31.6. The van der Waals surface area contributed by atoms with Crippen LogP contribution in [0.3, 0.4) is 0 Å². The molecule has 0 amide bonds. The second kappa shape index (κ2) is 12.1. The predicted octanol–water partition coefficient (Wildman–Crippen LogP) is 7.45. The Hall–Kier alpha value is -3.29. The van der Waals surface area contributed by atoms with E-state index < -0.39 is 38.4 Å². The van der Waals surface area contributed by atoms with Crippen molar-refractivity contribution in [3.8, 4) is 0 Å². The molecule has 4 rings (SSSR count). The fourth-order valence-electron chi connectivity index (χ4n) is 4.47. The van der Waals surface area contributed by atoms with Gasteiger partial charge in [-0.15, -0.1) is 0 Å². The van der Waals surface area contributed by atoms with Gasteiger partial charge in [-0.25, -0.2) is 8.42 Å². The van der Waals surface area contributed by atoms with Crippen LogP contribution in [0.25, 0.3) is 12.2 Å². The molecule has 0 aromatic heterocycles. The van der Waals surface area contributed by atoms with Gasteiger partial charge in [0.25, 0.3) is 10.0 Å². The smallest absolute Gasteiger partial charge is 0.370 e. The molecule has 5 nitrogen and oxygen atoms in total. The summed E-state index contributed by atoms with van der Waals surface area (Å²) in [7, 11) is -2.68. The van der Waals surface area contributed by atoms with Gasteiger partial charge < -0.3 is 9.80 Å². The topological polar surface area (TPSA) is 43.9 Å². The Labute approximate surface area is 249 Å². The van der Waals surface area contributed by atoms with Crippen molar-refractivity contribution in [1.29, 1.82) is 0 Å². The molecule has 1 aliphatic rings. The second-order valence-corrected chi connectivity index (χ2v) is 11.9. The summed E-state index contributed by atoms with van der Waals surface area (Å²) in [5.41, 5.74) is 0.162. The van der Waals surface area contributed by atoms with Gasteiger partial charge in [0.05, 0.1) is 39.4 Å². The molecule has 224 valence electrons. The number of nitrogens with zero attached hydrogens (tertiary/aromatic N) is 3. The van der Waals surface area contributed by atoms with Gasteiger partial charge in [-0.05, 0) is 48.0 Å². The van der Waals surface area contributed by atoms with Crippen molar-refractivity contribution in [2.75, 3.05) is 42.4 Å². The van der Waals surface area contributed by atoms with E-state index in [-0.39, 0.29) is 29.4 Å². The van der Waals surface area contributed by atoms with Crippen LogP contribution in [0.2, 0.25) is 5.02 Å². The van der Waals surface area contributed by atoms with Crippen LogP contribution in [0.1, 0.15) is 22.3 Å². The lowest BCUT2D eigenvalue weighted by atomic mass is 10.0. The monoisotopic (exact) mass is 647 g/mol. The second-order valence-electron chi connectivity index (χ2n) is 9.46. The van der Waals surface area contributed by atoms with Crippen molar-refractivity contribution < 1.29 is 34.8 Å². The summed E-state index contributed by atoms with van der Waals surface area (Å²) in [5.74, 6) is 0. The molecule has 0 aliphatic carbocycles. The first-order valence-electron chi connectivity index (χ1n) is 12.4. The molecule has 1 aliphatic heterocycles. The van der Waals surface area contributed by atoms with Gasteiger partial charge in [0, 0.05) is 37.3 Å². The summed E-state index contributed by atoms with van der Waals surface area (Å²) in [6, 6.07) is 11.6. The van der Waals surface area contributed by atoms with Crippen molar-refractivity contribution in [2.45, 2.75) is 17.2 Å². The molecular formula is C28H24ClF6N3O2S2. The van der Waals surface area contributed by atoms with Gasteiger partial charge in [0.2, 0.25) is 0 Å². The number of fused-ring (bicyclic) bond motifs is 1. The molecule has 14 heteroatoms. The maximum atomic E-state index is 13.7. The minimum absolute atomic E-state index is 0.0806. The highest BCUT2D eigenvalue weighted by molar-refractivity contribution is 7.92. The number of hydrogen-bond donors (Lipinski definition) is 0. The number of sulfonamides is 1. The van der Waals surface area contributed by atoms with Gasteiger partial charge >= 0.3 is 12.4 Å². The number of benzene rings is 3. The number of alkyl halides is 6. The molecule has 3 aromatic rings. The molecule has 0 radical (unpaired) electrons. The molecule has 0 saturated heterocycles. The van der Waals surface area contributed by atoms with E-state index in [4.69, 9.17) is 23.8 Å². The maximum Gasteiger partial charge on any atom is 0.417 e. The van der Waals surface area contributed by atoms with Gasteiger partial charge in [0.1, 0.15) is 0 Å². The normalized spacial score (nSPS) is 14.3. The Bertz CT molecular complexity index is 1610. The fraction of sp³-hybridized carbons (Fsp3) is 0.250. The molecule has 42 heavy (non-hydrogen) atoms.